The third-order valence-corrected chi connectivity index (χ3v) is 3.03. The molecule has 0 radical (unpaired) electrons. The summed E-state index contributed by atoms with van der Waals surface area (Å²) in [6, 6.07) is 0.658. The van der Waals surface area contributed by atoms with Gasteiger partial charge >= 0.3 is 0 Å². The molecule has 0 aromatic carbocycles. The van der Waals surface area contributed by atoms with Crippen molar-refractivity contribution < 1.29 is 4.74 Å². The van der Waals surface area contributed by atoms with E-state index in [0.29, 0.717) is 12.1 Å². The molecule has 0 amide bonds. The van der Waals surface area contributed by atoms with Gasteiger partial charge in [0.1, 0.15) is 0 Å². The molecule has 3 unspecified atom stereocenters. The molecule has 0 bridgehead atoms. The minimum Gasteiger partial charge on any atom is -0.380 e. The first-order valence-corrected chi connectivity index (χ1v) is 5.56. The number of nitrogens with one attached hydrogen (secondary N) is 1. The predicted octanol–water partition coefficient (Wildman–Crippen LogP) is 1.95. The summed E-state index contributed by atoms with van der Waals surface area (Å²) in [6.07, 6.45) is 11.7. The van der Waals surface area contributed by atoms with E-state index in [2.05, 4.69) is 18.2 Å². The van der Waals surface area contributed by atoms with Crippen molar-refractivity contribution in [1.82, 2.24) is 5.32 Å². The standard InChI is InChI=1S/C12H21NO/c1-4-10(5-2)13-11-8-6-7-9-12(11)14-3/h1,10-13H,5-9H2,2-3H3. The number of ether oxygens (including phenoxy) is 1. The van der Waals surface area contributed by atoms with Crippen LogP contribution >= 0.6 is 0 Å². The number of terminal acetylenes is 1. The van der Waals surface area contributed by atoms with E-state index in [1.54, 1.807) is 7.11 Å². The fourth-order valence-electron chi connectivity index (χ4n) is 2.11. The lowest BCUT2D eigenvalue weighted by molar-refractivity contribution is 0.0398. The number of hydrogen-bond acceptors (Lipinski definition) is 2. The Bertz CT molecular complexity index is 197. The second kappa shape index (κ2) is 6.06. The van der Waals surface area contributed by atoms with Crippen LogP contribution in [0, 0.1) is 12.3 Å². The van der Waals surface area contributed by atoms with Crippen molar-refractivity contribution in [2.24, 2.45) is 0 Å². The highest BCUT2D eigenvalue weighted by molar-refractivity contribution is 5.00. The third kappa shape index (κ3) is 3.01. The molecule has 1 aliphatic carbocycles. The lowest BCUT2D eigenvalue weighted by Gasteiger charge is -2.32. The van der Waals surface area contributed by atoms with Gasteiger partial charge in [0, 0.05) is 13.2 Å². The zero-order valence-electron chi connectivity index (χ0n) is 9.25. The molecule has 14 heavy (non-hydrogen) atoms. The smallest absolute Gasteiger partial charge is 0.0724 e. The van der Waals surface area contributed by atoms with Crippen molar-refractivity contribution in [2.75, 3.05) is 7.11 Å². The fraction of sp³-hybridized carbons (Fsp3) is 0.833. The van der Waals surface area contributed by atoms with Gasteiger partial charge in [-0.25, -0.2) is 0 Å². The molecular weight excluding hydrogens is 174 g/mol. The summed E-state index contributed by atoms with van der Waals surface area (Å²) in [5, 5.41) is 3.50. The molecule has 0 spiro atoms. The average Bonchev–Trinajstić information content (AvgIpc) is 2.26. The first-order valence-electron chi connectivity index (χ1n) is 5.56. The zero-order chi connectivity index (χ0) is 10.4. The van der Waals surface area contributed by atoms with E-state index in [1.807, 2.05) is 0 Å². The second-order valence-corrected chi connectivity index (χ2v) is 3.96. The van der Waals surface area contributed by atoms with Crippen LogP contribution in [-0.4, -0.2) is 25.3 Å². The Hall–Kier alpha value is -0.520. The molecule has 0 aromatic heterocycles. The van der Waals surface area contributed by atoms with Gasteiger partial charge in [0.2, 0.25) is 0 Å². The van der Waals surface area contributed by atoms with Crippen molar-refractivity contribution in [3.63, 3.8) is 0 Å². The predicted molar refractivity (Wildman–Crippen MR) is 59.1 cm³/mol. The maximum absolute atomic E-state index is 5.46. The second-order valence-electron chi connectivity index (χ2n) is 3.96. The SMILES string of the molecule is C#CC(CC)NC1CCCCC1OC. The summed E-state index contributed by atoms with van der Waals surface area (Å²) in [5.41, 5.74) is 0. The first kappa shape index (κ1) is 11.6. The van der Waals surface area contributed by atoms with Crippen molar-refractivity contribution in [2.45, 2.75) is 57.2 Å². The molecule has 3 atom stereocenters. The topological polar surface area (TPSA) is 21.3 Å². The molecular formula is C12H21NO. The lowest BCUT2D eigenvalue weighted by Crippen LogP contribution is -2.47. The van der Waals surface area contributed by atoms with Crippen molar-refractivity contribution >= 4 is 0 Å². The van der Waals surface area contributed by atoms with Gasteiger partial charge in [-0.3, -0.25) is 5.32 Å². The van der Waals surface area contributed by atoms with Gasteiger partial charge < -0.3 is 4.74 Å². The van der Waals surface area contributed by atoms with E-state index in [-0.39, 0.29) is 6.04 Å². The molecule has 80 valence electrons. The summed E-state index contributed by atoms with van der Waals surface area (Å²) in [4.78, 5) is 0. The van der Waals surface area contributed by atoms with Crippen LogP contribution in [0.1, 0.15) is 39.0 Å². The van der Waals surface area contributed by atoms with E-state index >= 15 is 0 Å². The number of rotatable bonds is 4. The molecule has 1 fully saturated rings. The molecule has 1 aliphatic rings. The third-order valence-electron chi connectivity index (χ3n) is 3.03. The van der Waals surface area contributed by atoms with E-state index in [9.17, 15) is 0 Å². The molecule has 1 rings (SSSR count). The Labute approximate surface area is 87.4 Å². The van der Waals surface area contributed by atoms with Crippen LogP contribution in [-0.2, 0) is 4.74 Å². The summed E-state index contributed by atoms with van der Waals surface area (Å²) in [7, 11) is 1.79. The van der Waals surface area contributed by atoms with Crippen LogP contribution in [0.5, 0.6) is 0 Å². The molecule has 0 aromatic rings. The van der Waals surface area contributed by atoms with Gasteiger partial charge in [0.25, 0.3) is 0 Å². The van der Waals surface area contributed by atoms with E-state index in [0.717, 1.165) is 12.8 Å². The molecule has 1 N–H and O–H groups in total. The minimum atomic E-state index is 0.204. The molecule has 1 saturated carbocycles. The number of methoxy groups -OCH3 is 1. The molecule has 2 heteroatoms. The van der Waals surface area contributed by atoms with E-state index < -0.39 is 0 Å². The highest BCUT2D eigenvalue weighted by atomic mass is 16.5. The van der Waals surface area contributed by atoms with Crippen molar-refractivity contribution in [1.29, 1.82) is 0 Å². The summed E-state index contributed by atoms with van der Waals surface area (Å²) in [5.74, 6) is 2.78. The Morgan fingerprint density at radius 2 is 2.21 bits per heavy atom. The quantitative estimate of drug-likeness (QED) is 0.692. The van der Waals surface area contributed by atoms with Crippen molar-refractivity contribution in [3.05, 3.63) is 0 Å². The Morgan fingerprint density at radius 3 is 2.79 bits per heavy atom. The molecule has 0 saturated heterocycles. The Kier molecular flexibility index (Phi) is 5.00. The van der Waals surface area contributed by atoms with Crippen LogP contribution in [0.25, 0.3) is 0 Å². The Morgan fingerprint density at radius 1 is 1.50 bits per heavy atom. The molecule has 2 nitrogen and oxygen atoms in total. The minimum absolute atomic E-state index is 0.204. The van der Waals surface area contributed by atoms with Crippen LogP contribution in [0.2, 0.25) is 0 Å². The van der Waals surface area contributed by atoms with Crippen LogP contribution in [0.3, 0.4) is 0 Å². The van der Waals surface area contributed by atoms with Gasteiger partial charge in [0.05, 0.1) is 12.1 Å². The largest absolute Gasteiger partial charge is 0.380 e. The Balaban J connectivity index is 2.44. The zero-order valence-corrected chi connectivity index (χ0v) is 9.25. The van der Waals surface area contributed by atoms with Gasteiger partial charge in [-0.1, -0.05) is 25.7 Å². The molecule has 0 aliphatic heterocycles. The summed E-state index contributed by atoms with van der Waals surface area (Å²) >= 11 is 0. The number of hydrogen-bond donors (Lipinski definition) is 1. The normalized spacial score (nSPS) is 29.5. The maximum Gasteiger partial charge on any atom is 0.0724 e. The lowest BCUT2D eigenvalue weighted by atomic mass is 9.91. The van der Waals surface area contributed by atoms with E-state index in [4.69, 9.17) is 11.2 Å². The van der Waals surface area contributed by atoms with E-state index in [1.165, 1.54) is 19.3 Å². The summed E-state index contributed by atoms with van der Waals surface area (Å²) in [6.45, 7) is 2.11. The molecule has 0 heterocycles. The van der Waals surface area contributed by atoms with Crippen molar-refractivity contribution in [3.8, 4) is 12.3 Å². The van der Waals surface area contributed by atoms with Gasteiger partial charge in [-0.05, 0) is 19.3 Å². The summed E-state index contributed by atoms with van der Waals surface area (Å²) < 4.78 is 5.46. The van der Waals surface area contributed by atoms with Gasteiger partial charge in [-0.15, -0.1) is 6.42 Å². The van der Waals surface area contributed by atoms with Crippen LogP contribution in [0.15, 0.2) is 0 Å². The maximum atomic E-state index is 5.46. The average molecular weight is 195 g/mol. The van der Waals surface area contributed by atoms with Crippen LogP contribution in [0.4, 0.5) is 0 Å². The highest BCUT2D eigenvalue weighted by Gasteiger charge is 2.25. The monoisotopic (exact) mass is 195 g/mol. The van der Waals surface area contributed by atoms with Gasteiger partial charge in [0.15, 0.2) is 0 Å². The van der Waals surface area contributed by atoms with Gasteiger partial charge in [-0.2, -0.15) is 0 Å². The first-order chi connectivity index (χ1) is 6.81. The highest BCUT2D eigenvalue weighted by Crippen LogP contribution is 2.21. The fourth-order valence-corrected chi connectivity index (χ4v) is 2.11. The van der Waals surface area contributed by atoms with Crippen LogP contribution < -0.4 is 5.32 Å².